The maximum atomic E-state index is 13.2. The number of carbonyl (C=O) groups is 1. The van der Waals surface area contributed by atoms with Crippen LogP contribution in [0.2, 0.25) is 0 Å². The molecular weight excluding hydrogens is 323 g/mol. The van der Waals surface area contributed by atoms with E-state index in [2.05, 4.69) is 15.5 Å². The molecular formula is C15H20ClFN4O2. The van der Waals surface area contributed by atoms with E-state index < -0.39 is 0 Å². The number of benzene rings is 1. The summed E-state index contributed by atoms with van der Waals surface area (Å²) in [5, 5.41) is 6.61. The molecule has 0 unspecified atom stereocenters. The lowest BCUT2D eigenvalue weighted by atomic mass is 10.1. The first-order valence-corrected chi connectivity index (χ1v) is 7.08. The first-order chi connectivity index (χ1) is 10.5. The highest BCUT2D eigenvalue weighted by Crippen LogP contribution is 2.19. The highest BCUT2D eigenvalue weighted by molar-refractivity contribution is 5.85. The van der Waals surface area contributed by atoms with Crippen molar-refractivity contribution in [3.05, 3.63) is 35.5 Å². The normalized spacial score (nSPS) is 11.7. The van der Waals surface area contributed by atoms with E-state index in [-0.39, 0.29) is 36.6 Å². The number of nitrogens with one attached hydrogen (secondary N) is 1. The molecule has 0 saturated heterocycles. The van der Waals surface area contributed by atoms with Crippen LogP contribution in [0.15, 0.2) is 22.7 Å². The Morgan fingerprint density at radius 2 is 2.22 bits per heavy atom. The highest BCUT2D eigenvalue weighted by atomic mass is 35.5. The van der Waals surface area contributed by atoms with Gasteiger partial charge in [-0.3, -0.25) is 4.79 Å². The van der Waals surface area contributed by atoms with Crippen LogP contribution in [-0.4, -0.2) is 28.6 Å². The minimum atomic E-state index is -0.279. The van der Waals surface area contributed by atoms with Crippen LogP contribution in [0, 0.1) is 12.7 Å². The Kier molecular flexibility index (Phi) is 7.12. The number of hydrogen-bond donors (Lipinski definition) is 2. The molecule has 6 nitrogen and oxygen atoms in total. The summed E-state index contributed by atoms with van der Waals surface area (Å²) >= 11 is 0. The summed E-state index contributed by atoms with van der Waals surface area (Å²) < 4.78 is 18.4. The number of nitrogens with two attached hydrogens (primary N) is 1. The van der Waals surface area contributed by atoms with E-state index in [0.717, 1.165) is 0 Å². The third-order valence-corrected chi connectivity index (χ3v) is 3.21. The van der Waals surface area contributed by atoms with Crippen LogP contribution in [-0.2, 0) is 11.2 Å². The van der Waals surface area contributed by atoms with Gasteiger partial charge in [0, 0.05) is 31.0 Å². The fourth-order valence-corrected chi connectivity index (χ4v) is 1.88. The number of aryl methyl sites for hydroxylation is 2. The van der Waals surface area contributed by atoms with Crippen LogP contribution >= 0.6 is 12.4 Å². The van der Waals surface area contributed by atoms with Crippen molar-refractivity contribution in [1.29, 1.82) is 0 Å². The molecule has 0 aliphatic carbocycles. The number of nitrogens with zero attached hydrogens (tertiary/aromatic N) is 2. The molecule has 0 bridgehead atoms. The van der Waals surface area contributed by atoms with Crippen molar-refractivity contribution in [2.45, 2.75) is 32.7 Å². The van der Waals surface area contributed by atoms with Crippen LogP contribution in [0.3, 0.4) is 0 Å². The quantitative estimate of drug-likeness (QED) is 0.837. The van der Waals surface area contributed by atoms with Crippen molar-refractivity contribution >= 4 is 18.3 Å². The summed E-state index contributed by atoms with van der Waals surface area (Å²) in [6.45, 7) is 3.89. The van der Waals surface area contributed by atoms with Gasteiger partial charge in [-0.15, -0.1) is 12.4 Å². The van der Waals surface area contributed by atoms with E-state index in [4.69, 9.17) is 10.3 Å². The Hall–Kier alpha value is -1.99. The Morgan fingerprint density at radius 3 is 2.87 bits per heavy atom. The topological polar surface area (TPSA) is 94.0 Å². The zero-order chi connectivity index (χ0) is 16.1. The van der Waals surface area contributed by atoms with Crippen molar-refractivity contribution in [2.75, 3.05) is 6.54 Å². The van der Waals surface area contributed by atoms with E-state index in [9.17, 15) is 9.18 Å². The van der Waals surface area contributed by atoms with Gasteiger partial charge in [0.2, 0.25) is 17.6 Å². The number of rotatable bonds is 6. The molecule has 8 heteroatoms. The van der Waals surface area contributed by atoms with Gasteiger partial charge in [0.05, 0.1) is 0 Å². The average Bonchev–Trinajstić information content (AvgIpc) is 2.96. The molecule has 23 heavy (non-hydrogen) atoms. The van der Waals surface area contributed by atoms with E-state index >= 15 is 0 Å². The lowest BCUT2D eigenvalue weighted by Gasteiger charge is -2.09. The summed E-state index contributed by atoms with van der Waals surface area (Å²) in [5.74, 6) is 0.356. The Labute approximate surface area is 140 Å². The van der Waals surface area contributed by atoms with Gasteiger partial charge in [-0.1, -0.05) is 5.16 Å². The second-order valence-electron chi connectivity index (χ2n) is 5.18. The molecule has 0 spiro atoms. The molecule has 126 valence electrons. The molecule has 1 atom stereocenters. The third kappa shape index (κ3) is 5.30. The molecule has 0 saturated carbocycles. The number of aromatic nitrogens is 2. The molecule has 2 rings (SSSR count). The van der Waals surface area contributed by atoms with Crippen molar-refractivity contribution < 1.29 is 13.7 Å². The largest absolute Gasteiger partial charge is 0.352 e. The number of halogens is 2. The maximum Gasteiger partial charge on any atom is 0.227 e. The minimum Gasteiger partial charge on any atom is -0.352 e. The van der Waals surface area contributed by atoms with Gasteiger partial charge in [-0.25, -0.2) is 4.39 Å². The monoisotopic (exact) mass is 342 g/mol. The molecule has 1 amide bonds. The zero-order valence-electron chi connectivity index (χ0n) is 13.0. The van der Waals surface area contributed by atoms with Gasteiger partial charge in [0.15, 0.2) is 0 Å². The Balaban J connectivity index is 0.00000264. The smallest absolute Gasteiger partial charge is 0.227 e. The van der Waals surface area contributed by atoms with Crippen LogP contribution in [0.5, 0.6) is 0 Å². The van der Waals surface area contributed by atoms with Gasteiger partial charge >= 0.3 is 0 Å². The molecule has 1 heterocycles. The molecule has 3 N–H and O–H groups in total. The second kappa shape index (κ2) is 8.59. The number of carbonyl (C=O) groups excluding carboxylic acids is 1. The van der Waals surface area contributed by atoms with Gasteiger partial charge in [0.25, 0.3) is 0 Å². The van der Waals surface area contributed by atoms with E-state index in [1.807, 2.05) is 6.92 Å². The minimum absolute atomic E-state index is 0. The first kappa shape index (κ1) is 19.1. The van der Waals surface area contributed by atoms with Gasteiger partial charge in [-0.05, 0) is 37.6 Å². The summed E-state index contributed by atoms with van der Waals surface area (Å²) in [6, 6.07) is 4.54. The number of hydrogen-bond acceptors (Lipinski definition) is 5. The van der Waals surface area contributed by atoms with Crippen molar-refractivity contribution in [3.63, 3.8) is 0 Å². The van der Waals surface area contributed by atoms with Gasteiger partial charge < -0.3 is 15.6 Å². The Morgan fingerprint density at radius 1 is 1.48 bits per heavy atom. The number of amides is 1. The van der Waals surface area contributed by atoms with Crippen LogP contribution in [0.25, 0.3) is 11.4 Å². The molecule has 2 aromatic rings. The molecule has 1 aromatic carbocycles. The standard InChI is InChI=1S/C15H19FN4O2.ClH/c1-9-7-11(3-4-12(9)16)15-19-14(22-20-15)6-5-13(21)18-10(2)8-17;/h3-4,7,10H,5-6,8,17H2,1-2H3,(H,18,21);1H/t10-;/m0./s1. The molecule has 0 fully saturated rings. The molecule has 1 aromatic heterocycles. The molecule has 0 radical (unpaired) electrons. The third-order valence-electron chi connectivity index (χ3n) is 3.21. The lowest BCUT2D eigenvalue weighted by molar-refractivity contribution is -0.121. The fourth-order valence-electron chi connectivity index (χ4n) is 1.88. The van der Waals surface area contributed by atoms with Crippen LogP contribution < -0.4 is 11.1 Å². The van der Waals surface area contributed by atoms with Crippen molar-refractivity contribution in [2.24, 2.45) is 5.73 Å². The predicted octanol–water partition coefficient (Wildman–Crippen LogP) is 2.00. The molecule has 0 aliphatic rings. The van der Waals surface area contributed by atoms with E-state index in [1.165, 1.54) is 6.07 Å². The van der Waals surface area contributed by atoms with Crippen molar-refractivity contribution in [1.82, 2.24) is 15.5 Å². The second-order valence-corrected chi connectivity index (χ2v) is 5.18. The first-order valence-electron chi connectivity index (χ1n) is 7.08. The Bertz CT molecular complexity index is 663. The maximum absolute atomic E-state index is 13.2. The summed E-state index contributed by atoms with van der Waals surface area (Å²) in [5.41, 5.74) is 6.62. The summed E-state index contributed by atoms with van der Waals surface area (Å²) in [7, 11) is 0. The van der Waals surface area contributed by atoms with E-state index in [0.29, 0.717) is 35.8 Å². The molecule has 0 aliphatic heterocycles. The predicted molar refractivity (Wildman–Crippen MR) is 86.7 cm³/mol. The van der Waals surface area contributed by atoms with E-state index in [1.54, 1.807) is 19.1 Å². The average molecular weight is 343 g/mol. The summed E-state index contributed by atoms with van der Waals surface area (Å²) in [4.78, 5) is 15.9. The SMILES string of the molecule is Cc1cc(-c2noc(CCC(=O)N[C@@H](C)CN)n2)ccc1F.Cl. The van der Waals surface area contributed by atoms with Crippen LogP contribution in [0.4, 0.5) is 4.39 Å². The lowest BCUT2D eigenvalue weighted by Crippen LogP contribution is -2.37. The summed E-state index contributed by atoms with van der Waals surface area (Å²) in [6.07, 6.45) is 0.588. The van der Waals surface area contributed by atoms with Crippen LogP contribution in [0.1, 0.15) is 24.8 Å². The van der Waals surface area contributed by atoms with Gasteiger partial charge in [-0.2, -0.15) is 4.98 Å². The van der Waals surface area contributed by atoms with Gasteiger partial charge in [0.1, 0.15) is 5.82 Å². The fraction of sp³-hybridized carbons (Fsp3) is 0.400. The van der Waals surface area contributed by atoms with Crippen molar-refractivity contribution in [3.8, 4) is 11.4 Å². The zero-order valence-corrected chi connectivity index (χ0v) is 13.8. The highest BCUT2D eigenvalue weighted by Gasteiger charge is 2.12.